The first-order valence-electron chi connectivity index (χ1n) is 15.5. The summed E-state index contributed by atoms with van der Waals surface area (Å²) in [6.45, 7) is 17.9. The molecule has 0 aliphatic heterocycles. The summed E-state index contributed by atoms with van der Waals surface area (Å²) < 4.78 is 31.1. The predicted octanol–water partition coefficient (Wildman–Crippen LogP) is 5.14. The molecule has 4 aromatic rings. The van der Waals surface area contributed by atoms with Crippen molar-refractivity contribution in [3.8, 4) is 28.5 Å². The van der Waals surface area contributed by atoms with E-state index < -0.39 is 17.8 Å². The molecule has 0 spiro atoms. The Bertz CT molecular complexity index is 1430. The maximum atomic E-state index is 14.6. The number of amides is 1. The predicted molar refractivity (Wildman–Crippen MR) is 184 cm³/mol. The monoisotopic (exact) mass is 690 g/mol. The van der Waals surface area contributed by atoms with Crippen LogP contribution in [0.15, 0.2) is 51.5 Å². The average Bonchev–Trinajstić information content (AvgIpc) is 3.81. The molecule has 0 radical (unpaired) electrons. The molecule has 0 fully saturated rings. The first-order valence-corrected chi connectivity index (χ1v) is 15.5. The molecule has 49 heavy (non-hydrogen) atoms. The van der Waals surface area contributed by atoms with E-state index in [9.17, 15) is 9.18 Å². The number of nitrogens with two attached hydrogens (primary N) is 1. The van der Waals surface area contributed by atoms with Gasteiger partial charge in [-0.2, -0.15) is 9.97 Å². The number of hydrogen-bond donors (Lipinski definition) is 4. The molecule has 272 valence electrons. The molecule has 4 rings (SSSR count). The Morgan fingerprint density at radius 1 is 0.959 bits per heavy atom. The Kier molecular flexibility index (Phi) is 24.7. The third-order valence-electron chi connectivity index (χ3n) is 5.34. The zero-order valence-electron chi connectivity index (χ0n) is 29.7. The number of rotatable bonds is 11. The van der Waals surface area contributed by atoms with Crippen molar-refractivity contribution in [3.63, 3.8) is 0 Å². The van der Waals surface area contributed by atoms with Gasteiger partial charge < -0.3 is 44.6 Å². The number of benzene rings is 2. The molecule has 2 aromatic carbocycles. The molecule has 14 nitrogen and oxygen atoms in total. The minimum Gasteiger partial charge on any atom is -0.481 e. The highest BCUT2D eigenvalue weighted by atomic mass is 19.1. The van der Waals surface area contributed by atoms with E-state index in [2.05, 4.69) is 25.6 Å². The van der Waals surface area contributed by atoms with Crippen molar-refractivity contribution in [1.82, 2.24) is 25.6 Å². The normalized spacial score (nSPS) is 10.4. The zero-order chi connectivity index (χ0) is 38.0. The van der Waals surface area contributed by atoms with Gasteiger partial charge in [0.1, 0.15) is 25.1 Å². The van der Waals surface area contributed by atoms with Crippen molar-refractivity contribution >= 4 is 19.5 Å². The van der Waals surface area contributed by atoms with Gasteiger partial charge in [-0.3, -0.25) is 4.79 Å². The van der Waals surface area contributed by atoms with Gasteiger partial charge >= 0.3 is 0 Å². The lowest BCUT2D eigenvalue weighted by molar-refractivity contribution is -0.0987. The maximum Gasteiger partial charge on any atom is 0.268 e. The Morgan fingerprint density at radius 3 is 1.98 bits per heavy atom. The van der Waals surface area contributed by atoms with Crippen molar-refractivity contribution in [1.29, 1.82) is 0 Å². The van der Waals surface area contributed by atoms with E-state index >= 15 is 0 Å². The summed E-state index contributed by atoms with van der Waals surface area (Å²) in [5.41, 5.74) is 6.41. The largest absolute Gasteiger partial charge is 0.481 e. The van der Waals surface area contributed by atoms with Crippen LogP contribution in [0.3, 0.4) is 0 Å². The Balaban J connectivity index is 0. The summed E-state index contributed by atoms with van der Waals surface area (Å²) in [6.07, 6.45) is 1.08. The van der Waals surface area contributed by atoms with Gasteiger partial charge in [0.25, 0.3) is 11.8 Å². The van der Waals surface area contributed by atoms with Crippen LogP contribution < -0.4 is 15.8 Å². The summed E-state index contributed by atoms with van der Waals surface area (Å²) in [7, 11) is 1.00. The van der Waals surface area contributed by atoms with E-state index in [1.807, 2.05) is 74.2 Å². The first kappa shape index (κ1) is 46.3. The van der Waals surface area contributed by atoms with Gasteiger partial charge in [0.2, 0.25) is 17.5 Å². The summed E-state index contributed by atoms with van der Waals surface area (Å²) >= 11 is 0. The average molecular weight is 691 g/mol. The van der Waals surface area contributed by atoms with E-state index in [4.69, 9.17) is 39.3 Å². The number of halogens is 1. The van der Waals surface area contributed by atoms with Crippen LogP contribution in [0.1, 0.15) is 89.6 Å². The third-order valence-corrected chi connectivity index (χ3v) is 5.34. The van der Waals surface area contributed by atoms with Crippen molar-refractivity contribution in [3.05, 3.63) is 65.6 Å². The number of ether oxygens (including phenoxy) is 1. The Morgan fingerprint density at radius 2 is 1.49 bits per heavy atom. The number of aromatic nitrogens is 4. The highest BCUT2D eigenvalue weighted by Gasteiger charge is 2.21. The standard InChI is InChI=1S/C25H26FN5O5.C4H11N.C2H6.CH4O.2CH2O/c1-3-20(34-17-9-6-15(7-10-17)22-28-21(4-2)35-30-22)25-29-23(31-36-25)16-8-11-18(19(26)14-16)24(33)27-12-5-13-32;1-4(2,3)5;4*1-2/h6-11,14,20,32H,3-5,12-13H2,1-2H3,(H,27,33);5H2,1-3H3;1-2H3;2H,1H3;2*1H2. The number of aliphatic hydroxyl groups excluding tert-OH is 2. The topological polar surface area (TPSA) is 217 Å². The first-order chi connectivity index (χ1) is 23.5. The fourth-order valence-corrected chi connectivity index (χ4v) is 3.37. The van der Waals surface area contributed by atoms with Gasteiger partial charge in [0, 0.05) is 43.3 Å². The molecule has 0 aliphatic carbocycles. The number of aryl methyl sites for hydroxylation is 1. The summed E-state index contributed by atoms with van der Waals surface area (Å²) in [4.78, 5) is 36.8. The van der Waals surface area contributed by atoms with Crippen LogP contribution in [-0.4, -0.2) is 75.8 Å². The van der Waals surface area contributed by atoms with E-state index in [1.165, 1.54) is 12.1 Å². The van der Waals surface area contributed by atoms with Crippen LogP contribution in [0.25, 0.3) is 22.8 Å². The molecule has 15 heteroatoms. The molecule has 1 unspecified atom stereocenters. The molecule has 0 bridgehead atoms. The molecule has 0 saturated carbocycles. The summed E-state index contributed by atoms with van der Waals surface area (Å²) in [6, 6.07) is 11.3. The minimum atomic E-state index is -0.712. The quantitative estimate of drug-likeness (QED) is 0.150. The third kappa shape index (κ3) is 17.2. The molecule has 5 N–H and O–H groups in total. The van der Waals surface area contributed by atoms with Crippen LogP contribution in [0.4, 0.5) is 4.39 Å². The van der Waals surface area contributed by atoms with E-state index in [0.717, 1.165) is 12.7 Å². The van der Waals surface area contributed by atoms with Gasteiger partial charge in [-0.05, 0) is 70.0 Å². The lowest BCUT2D eigenvalue weighted by Gasteiger charge is -2.13. The molecule has 1 amide bonds. The fraction of sp³-hybridized carbons (Fsp3) is 0.441. The molecular weight excluding hydrogens is 639 g/mol. The van der Waals surface area contributed by atoms with Gasteiger partial charge in [0.15, 0.2) is 6.10 Å². The second-order valence-corrected chi connectivity index (χ2v) is 10.3. The second-order valence-electron chi connectivity index (χ2n) is 10.3. The molecule has 2 aromatic heterocycles. The van der Waals surface area contributed by atoms with Crippen LogP contribution in [0.5, 0.6) is 5.75 Å². The van der Waals surface area contributed by atoms with Gasteiger partial charge in [-0.25, -0.2) is 4.39 Å². The molecule has 0 aliphatic rings. The molecule has 1 atom stereocenters. The second kappa shape index (κ2) is 26.1. The highest BCUT2D eigenvalue weighted by molar-refractivity contribution is 5.94. The number of carbonyl (C=O) groups excluding carboxylic acids is 3. The molecule has 0 saturated heterocycles. The maximum absolute atomic E-state index is 14.6. The van der Waals surface area contributed by atoms with Crippen LogP contribution in [0, 0.1) is 5.82 Å². The van der Waals surface area contributed by atoms with Crippen molar-refractivity contribution in [2.45, 2.75) is 79.4 Å². The van der Waals surface area contributed by atoms with Crippen molar-refractivity contribution in [2.75, 3.05) is 20.3 Å². The fourth-order valence-electron chi connectivity index (χ4n) is 3.37. The Labute approximate surface area is 287 Å². The summed E-state index contributed by atoms with van der Waals surface area (Å²) in [5.74, 6) is 0.818. The SMILES string of the molecule is C=O.C=O.CC.CC(C)(C)N.CCc1nc(-c2ccc(OC(CC)c3nc(-c4ccc(C(=O)NCCCO)c(F)c4)no3)cc2)no1.CO. The van der Waals surface area contributed by atoms with Crippen LogP contribution in [0.2, 0.25) is 0 Å². The van der Waals surface area contributed by atoms with Crippen LogP contribution in [-0.2, 0) is 16.0 Å². The van der Waals surface area contributed by atoms with Crippen molar-refractivity contribution < 1.29 is 42.8 Å². The number of nitrogens with one attached hydrogen (secondary N) is 1. The smallest absolute Gasteiger partial charge is 0.268 e. The lowest BCUT2D eigenvalue weighted by Crippen LogP contribution is -2.26. The van der Waals surface area contributed by atoms with E-state index in [-0.39, 0.29) is 36.0 Å². The molecular formula is C34H51FN6O8. The zero-order valence-corrected chi connectivity index (χ0v) is 29.7. The number of nitrogens with zero attached hydrogens (tertiary/aromatic N) is 4. The number of hydrogen-bond acceptors (Lipinski definition) is 13. The number of carbonyl (C=O) groups is 3. The van der Waals surface area contributed by atoms with Gasteiger partial charge in [-0.15, -0.1) is 0 Å². The van der Waals surface area contributed by atoms with E-state index in [1.54, 1.807) is 18.2 Å². The Hall–Kier alpha value is -4.86. The minimum absolute atomic E-state index is 0. The van der Waals surface area contributed by atoms with Gasteiger partial charge in [-0.1, -0.05) is 44.1 Å². The van der Waals surface area contributed by atoms with E-state index in [0.29, 0.717) is 42.3 Å². The summed E-state index contributed by atoms with van der Waals surface area (Å²) in [5, 5.41) is 26.3. The van der Waals surface area contributed by atoms with Gasteiger partial charge in [0.05, 0.1) is 5.56 Å². The molecule has 2 heterocycles. The number of aliphatic hydroxyl groups is 2. The lowest BCUT2D eigenvalue weighted by atomic mass is 10.1. The van der Waals surface area contributed by atoms with Crippen LogP contribution >= 0.6 is 0 Å². The highest BCUT2D eigenvalue weighted by Crippen LogP contribution is 2.28. The van der Waals surface area contributed by atoms with Crippen molar-refractivity contribution in [2.24, 2.45) is 5.73 Å².